The third-order valence-electron chi connectivity index (χ3n) is 3.98. The standard InChI is InChI=1S/C18H23ClNO3P/c1-4-17(14-8-6-5-7-9-14)20-18(24(21,22-2)23-3)15-10-12-16(19)13-11-15/h5-13,17-18,20H,4H2,1-3H3/t17-,18+/m0/s1. The van der Waals surface area contributed by atoms with Crippen LogP contribution in [-0.4, -0.2) is 14.2 Å². The highest BCUT2D eigenvalue weighted by atomic mass is 35.5. The van der Waals surface area contributed by atoms with E-state index in [1.54, 1.807) is 12.1 Å². The average Bonchev–Trinajstić information content (AvgIpc) is 2.64. The molecule has 0 aliphatic heterocycles. The summed E-state index contributed by atoms with van der Waals surface area (Å²) in [6, 6.07) is 17.3. The van der Waals surface area contributed by atoms with Crippen molar-refractivity contribution in [3.63, 3.8) is 0 Å². The third kappa shape index (κ3) is 4.47. The molecule has 2 rings (SSSR count). The van der Waals surface area contributed by atoms with Crippen LogP contribution in [0.25, 0.3) is 0 Å². The van der Waals surface area contributed by atoms with Crippen LogP contribution in [-0.2, 0) is 13.6 Å². The molecule has 0 bridgehead atoms. The van der Waals surface area contributed by atoms with Gasteiger partial charge in [-0.15, -0.1) is 0 Å². The zero-order chi connectivity index (χ0) is 17.6. The molecule has 0 amide bonds. The van der Waals surface area contributed by atoms with E-state index in [9.17, 15) is 4.57 Å². The maximum Gasteiger partial charge on any atom is 0.351 e. The minimum atomic E-state index is -3.37. The first kappa shape index (κ1) is 19.2. The summed E-state index contributed by atoms with van der Waals surface area (Å²) < 4.78 is 23.6. The minimum Gasteiger partial charge on any atom is -0.311 e. The summed E-state index contributed by atoms with van der Waals surface area (Å²) in [5.41, 5.74) is 1.93. The number of nitrogens with one attached hydrogen (secondary N) is 1. The number of rotatable bonds is 8. The van der Waals surface area contributed by atoms with Crippen molar-refractivity contribution in [1.82, 2.24) is 5.32 Å². The van der Waals surface area contributed by atoms with E-state index in [2.05, 4.69) is 12.2 Å². The summed E-state index contributed by atoms with van der Waals surface area (Å²) in [7, 11) is -0.568. The van der Waals surface area contributed by atoms with Crippen molar-refractivity contribution >= 4 is 19.2 Å². The molecule has 0 unspecified atom stereocenters. The van der Waals surface area contributed by atoms with Crippen LogP contribution in [0.2, 0.25) is 5.02 Å². The molecule has 0 aromatic heterocycles. The molecule has 0 saturated carbocycles. The van der Waals surface area contributed by atoms with Gasteiger partial charge in [0, 0.05) is 25.3 Å². The summed E-state index contributed by atoms with van der Waals surface area (Å²) in [6.45, 7) is 2.08. The van der Waals surface area contributed by atoms with Gasteiger partial charge in [-0.05, 0) is 29.7 Å². The lowest BCUT2D eigenvalue weighted by Crippen LogP contribution is -2.27. The predicted octanol–water partition coefficient (Wildman–Crippen LogP) is 5.57. The summed E-state index contributed by atoms with van der Waals surface area (Å²) in [5.74, 6) is -0.588. The van der Waals surface area contributed by atoms with E-state index in [1.807, 2.05) is 42.5 Å². The molecule has 0 fully saturated rings. The van der Waals surface area contributed by atoms with Gasteiger partial charge in [0.05, 0.1) is 0 Å². The number of halogens is 1. The Balaban J connectivity index is 2.38. The normalized spacial score (nSPS) is 14.3. The second-order valence-electron chi connectivity index (χ2n) is 5.40. The average molecular weight is 368 g/mol. The van der Waals surface area contributed by atoms with Crippen LogP contribution in [0.5, 0.6) is 0 Å². The predicted molar refractivity (Wildman–Crippen MR) is 98.4 cm³/mol. The van der Waals surface area contributed by atoms with Crippen molar-refractivity contribution in [1.29, 1.82) is 0 Å². The maximum atomic E-state index is 13.1. The highest BCUT2D eigenvalue weighted by Gasteiger charge is 2.36. The Morgan fingerprint density at radius 1 is 1.00 bits per heavy atom. The largest absolute Gasteiger partial charge is 0.351 e. The molecular formula is C18H23ClNO3P. The second kappa shape index (κ2) is 8.80. The number of benzene rings is 2. The van der Waals surface area contributed by atoms with Gasteiger partial charge in [-0.1, -0.05) is 61.0 Å². The van der Waals surface area contributed by atoms with E-state index in [-0.39, 0.29) is 6.04 Å². The van der Waals surface area contributed by atoms with Crippen LogP contribution in [0.1, 0.15) is 36.3 Å². The summed E-state index contributed by atoms with van der Waals surface area (Å²) in [5, 5.41) is 4.06. The van der Waals surface area contributed by atoms with Gasteiger partial charge >= 0.3 is 7.60 Å². The number of hydrogen-bond donors (Lipinski definition) is 1. The lowest BCUT2D eigenvalue weighted by Gasteiger charge is -2.30. The SMILES string of the molecule is CC[C@H](N[C@@H](c1ccc(Cl)cc1)P(=O)(OC)OC)c1ccccc1. The van der Waals surface area contributed by atoms with Gasteiger partial charge in [0.2, 0.25) is 0 Å². The Kier molecular flexibility index (Phi) is 7.02. The smallest absolute Gasteiger partial charge is 0.311 e. The highest BCUT2D eigenvalue weighted by molar-refractivity contribution is 7.54. The maximum absolute atomic E-state index is 13.1. The van der Waals surface area contributed by atoms with Gasteiger partial charge in [-0.25, -0.2) is 0 Å². The van der Waals surface area contributed by atoms with Crippen LogP contribution in [0.3, 0.4) is 0 Å². The Labute approximate surface area is 148 Å². The molecule has 6 heteroatoms. The molecule has 2 aromatic carbocycles. The Morgan fingerprint density at radius 3 is 2.08 bits per heavy atom. The third-order valence-corrected chi connectivity index (χ3v) is 6.33. The summed E-state index contributed by atoms with van der Waals surface area (Å²) >= 11 is 5.98. The Morgan fingerprint density at radius 2 is 1.58 bits per heavy atom. The quantitative estimate of drug-likeness (QED) is 0.620. The molecule has 0 aliphatic carbocycles. The molecule has 130 valence electrons. The zero-order valence-electron chi connectivity index (χ0n) is 14.1. The molecule has 0 saturated heterocycles. The van der Waals surface area contributed by atoms with Gasteiger partial charge in [0.1, 0.15) is 5.78 Å². The van der Waals surface area contributed by atoms with E-state index in [0.29, 0.717) is 5.02 Å². The first-order chi connectivity index (χ1) is 11.5. The summed E-state index contributed by atoms with van der Waals surface area (Å²) in [4.78, 5) is 0. The van der Waals surface area contributed by atoms with E-state index in [0.717, 1.165) is 17.5 Å². The number of hydrogen-bond acceptors (Lipinski definition) is 4. The first-order valence-corrected chi connectivity index (χ1v) is 9.80. The van der Waals surface area contributed by atoms with E-state index >= 15 is 0 Å². The monoisotopic (exact) mass is 367 g/mol. The molecule has 0 spiro atoms. The molecule has 1 N–H and O–H groups in total. The van der Waals surface area contributed by atoms with E-state index < -0.39 is 13.4 Å². The fourth-order valence-corrected chi connectivity index (χ4v) is 4.22. The minimum absolute atomic E-state index is 0.0190. The fraction of sp³-hybridized carbons (Fsp3) is 0.333. The van der Waals surface area contributed by atoms with E-state index in [4.69, 9.17) is 20.6 Å². The van der Waals surface area contributed by atoms with Crippen LogP contribution in [0.15, 0.2) is 54.6 Å². The fourth-order valence-electron chi connectivity index (χ4n) is 2.63. The molecule has 0 aliphatic rings. The van der Waals surface area contributed by atoms with Gasteiger partial charge in [0.25, 0.3) is 0 Å². The molecule has 2 aromatic rings. The van der Waals surface area contributed by atoms with Crippen LogP contribution in [0.4, 0.5) is 0 Å². The van der Waals surface area contributed by atoms with Crippen LogP contribution >= 0.6 is 19.2 Å². The van der Waals surface area contributed by atoms with Gasteiger partial charge in [-0.3, -0.25) is 9.88 Å². The zero-order valence-corrected chi connectivity index (χ0v) is 15.8. The molecule has 4 nitrogen and oxygen atoms in total. The summed E-state index contributed by atoms with van der Waals surface area (Å²) in [6.07, 6.45) is 0.835. The van der Waals surface area contributed by atoms with Crippen LogP contribution in [0, 0.1) is 0 Å². The van der Waals surface area contributed by atoms with Crippen molar-refractivity contribution in [3.8, 4) is 0 Å². The molecular weight excluding hydrogens is 345 g/mol. The van der Waals surface area contributed by atoms with Crippen molar-refractivity contribution < 1.29 is 13.6 Å². The first-order valence-electron chi connectivity index (χ1n) is 7.81. The Hall–Kier alpha value is -1.16. The van der Waals surface area contributed by atoms with Crippen molar-refractivity contribution in [2.24, 2.45) is 0 Å². The van der Waals surface area contributed by atoms with Gasteiger partial charge in [0.15, 0.2) is 0 Å². The second-order valence-corrected chi connectivity index (χ2v) is 8.16. The lowest BCUT2D eigenvalue weighted by molar-refractivity contribution is 0.255. The van der Waals surface area contributed by atoms with Crippen LogP contribution < -0.4 is 5.32 Å². The van der Waals surface area contributed by atoms with Crippen molar-refractivity contribution in [2.45, 2.75) is 25.2 Å². The van der Waals surface area contributed by atoms with E-state index in [1.165, 1.54) is 14.2 Å². The molecule has 0 radical (unpaired) electrons. The van der Waals surface area contributed by atoms with Crippen molar-refractivity contribution in [3.05, 3.63) is 70.7 Å². The topological polar surface area (TPSA) is 47.6 Å². The van der Waals surface area contributed by atoms with Gasteiger partial charge in [-0.2, -0.15) is 0 Å². The molecule has 0 heterocycles. The molecule has 2 atom stereocenters. The van der Waals surface area contributed by atoms with Crippen molar-refractivity contribution in [2.75, 3.05) is 14.2 Å². The molecule has 24 heavy (non-hydrogen) atoms. The Bertz CT molecular complexity index is 670. The van der Waals surface area contributed by atoms with Gasteiger partial charge < -0.3 is 9.05 Å². The lowest BCUT2D eigenvalue weighted by atomic mass is 10.0. The highest BCUT2D eigenvalue weighted by Crippen LogP contribution is 2.59.